The summed E-state index contributed by atoms with van der Waals surface area (Å²) in [5.41, 5.74) is 4.62. The molecule has 0 unspecified atom stereocenters. The van der Waals surface area contributed by atoms with Gasteiger partial charge in [0.05, 0.1) is 11.4 Å². The summed E-state index contributed by atoms with van der Waals surface area (Å²) in [4.78, 5) is 30.2. The molecule has 0 saturated heterocycles. The Morgan fingerprint density at radius 2 is 1.18 bits per heavy atom. The van der Waals surface area contributed by atoms with Crippen LogP contribution in [0.2, 0.25) is 0 Å². The van der Waals surface area contributed by atoms with E-state index in [0.717, 1.165) is 22.5 Å². The summed E-state index contributed by atoms with van der Waals surface area (Å²) in [7, 11) is 0. The van der Waals surface area contributed by atoms with Gasteiger partial charge in [-0.2, -0.15) is 0 Å². The molecule has 6 aromatic rings. The summed E-state index contributed by atoms with van der Waals surface area (Å²) in [6, 6.07) is 18.4. The molecule has 2 amide bonds. The van der Waals surface area contributed by atoms with Crippen molar-refractivity contribution in [2.75, 3.05) is 10.6 Å². The molecular weight excluding hydrogens is 428 g/mol. The molecule has 0 aliphatic rings. The average Bonchev–Trinajstić information content (AvgIpc) is 3.49. The first-order valence-electron chi connectivity index (χ1n) is 10.6. The second kappa shape index (κ2) is 8.14. The molecule has 0 aliphatic carbocycles. The van der Waals surface area contributed by atoms with Gasteiger partial charge in [0.15, 0.2) is 0 Å². The van der Waals surface area contributed by atoms with Gasteiger partial charge in [0.1, 0.15) is 0 Å². The summed E-state index contributed by atoms with van der Waals surface area (Å²) >= 11 is 0. The van der Waals surface area contributed by atoms with Gasteiger partial charge in [-0.1, -0.05) is 24.3 Å². The van der Waals surface area contributed by atoms with Crippen molar-refractivity contribution >= 4 is 29.0 Å². The number of carbonyl (C=O) groups is 1. The molecule has 0 radical (unpaired) electrons. The molecule has 2 N–H and O–H groups in total. The van der Waals surface area contributed by atoms with Crippen LogP contribution >= 0.6 is 0 Å². The Balaban J connectivity index is 1.19. The van der Waals surface area contributed by atoms with Crippen molar-refractivity contribution in [2.45, 2.75) is 0 Å². The summed E-state index contributed by atoms with van der Waals surface area (Å²) in [5, 5.41) is 5.77. The van der Waals surface area contributed by atoms with Crippen LogP contribution in [-0.4, -0.2) is 34.8 Å². The molecular formula is C25H18N8O. The first-order valence-corrected chi connectivity index (χ1v) is 10.6. The summed E-state index contributed by atoms with van der Waals surface area (Å²) in [5.74, 6) is 1.24. The van der Waals surface area contributed by atoms with Gasteiger partial charge in [0.25, 0.3) is 0 Å². The minimum atomic E-state index is -0.345. The highest BCUT2D eigenvalue weighted by atomic mass is 16.2. The minimum absolute atomic E-state index is 0.345. The van der Waals surface area contributed by atoms with Gasteiger partial charge in [-0.25, -0.2) is 24.7 Å². The molecule has 9 heteroatoms. The van der Waals surface area contributed by atoms with E-state index in [0.29, 0.717) is 22.9 Å². The summed E-state index contributed by atoms with van der Waals surface area (Å²) in [6.45, 7) is 0. The predicted molar refractivity (Wildman–Crippen MR) is 129 cm³/mol. The number of rotatable bonds is 4. The molecule has 0 saturated carbocycles. The Labute approximate surface area is 193 Å². The highest BCUT2D eigenvalue weighted by Crippen LogP contribution is 2.24. The smallest absolute Gasteiger partial charge is 0.308 e. The minimum Gasteiger partial charge on any atom is -0.308 e. The number of nitrogens with one attached hydrogen (secondary N) is 2. The largest absolute Gasteiger partial charge is 0.323 e. The zero-order valence-electron chi connectivity index (χ0n) is 17.8. The van der Waals surface area contributed by atoms with Crippen LogP contribution in [0.1, 0.15) is 0 Å². The van der Waals surface area contributed by atoms with Crippen LogP contribution in [0.25, 0.3) is 34.1 Å². The van der Waals surface area contributed by atoms with Crippen molar-refractivity contribution < 1.29 is 4.79 Å². The number of nitrogens with zero attached hydrogens (tertiary/aromatic N) is 6. The van der Waals surface area contributed by atoms with E-state index in [-0.39, 0.29) is 6.03 Å². The lowest BCUT2D eigenvalue weighted by molar-refractivity contribution is 0.262. The van der Waals surface area contributed by atoms with E-state index in [1.807, 2.05) is 94.3 Å². The highest BCUT2D eigenvalue weighted by Gasteiger charge is 2.09. The topological polar surface area (TPSA) is 102 Å². The lowest BCUT2D eigenvalue weighted by Crippen LogP contribution is -2.19. The van der Waals surface area contributed by atoms with Crippen LogP contribution in [0.4, 0.5) is 16.2 Å². The quantitative estimate of drug-likeness (QED) is 0.407. The number of fused-ring (bicyclic) bond motifs is 2. The fraction of sp³-hybridized carbons (Fsp3) is 0. The number of benzene rings is 2. The number of urea groups is 1. The Morgan fingerprint density at radius 3 is 1.65 bits per heavy atom. The normalized spacial score (nSPS) is 11.1. The maximum absolute atomic E-state index is 12.7. The van der Waals surface area contributed by atoms with Gasteiger partial charge in [-0.05, 0) is 36.4 Å². The molecule has 4 heterocycles. The second-order valence-electron chi connectivity index (χ2n) is 7.65. The van der Waals surface area contributed by atoms with Crippen molar-refractivity contribution in [3.8, 4) is 22.5 Å². The molecule has 34 heavy (non-hydrogen) atoms. The van der Waals surface area contributed by atoms with E-state index >= 15 is 0 Å². The fourth-order valence-corrected chi connectivity index (χ4v) is 3.74. The molecule has 6 rings (SSSR count). The third-order valence-electron chi connectivity index (χ3n) is 5.30. The second-order valence-corrected chi connectivity index (χ2v) is 7.65. The Kier molecular flexibility index (Phi) is 4.70. The maximum atomic E-state index is 12.7. The van der Waals surface area contributed by atoms with Crippen molar-refractivity contribution in [1.82, 2.24) is 28.7 Å². The van der Waals surface area contributed by atoms with E-state index in [2.05, 4.69) is 30.6 Å². The molecule has 164 valence electrons. The lowest BCUT2D eigenvalue weighted by Gasteiger charge is -2.09. The van der Waals surface area contributed by atoms with Crippen LogP contribution in [-0.2, 0) is 0 Å². The number of imidazole rings is 2. The van der Waals surface area contributed by atoms with Gasteiger partial charge >= 0.3 is 6.03 Å². The lowest BCUT2D eigenvalue weighted by atomic mass is 10.1. The van der Waals surface area contributed by atoms with E-state index < -0.39 is 0 Å². The van der Waals surface area contributed by atoms with Gasteiger partial charge in [-0.15, -0.1) is 0 Å². The van der Waals surface area contributed by atoms with E-state index in [1.54, 1.807) is 12.4 Å². The summed E-state index contributed by atoms with van der Waals surface area (Å²) in [6.07, 6.45) is 11.0. The molecule has 9 nitrogen and oxygen atoms in total. The van der Waals surface area contributed by atoms with Gasteiger partial charge < -0.3 is 10.6 Å². The zero-order valence-corrected chi connectivity index (χ0v) is 17.8. The monoisotopic (exact) mass is 446 g/mol. The van der Waals surface area contributed by atoms with Crippen molar-refractivity contribution in [3.05, 3.63) is 97.8 Å². The average molecular weight is 446 g/mol. The fourth-order valence-electron chi connectivity index (χ4n) is 3.74. The Hall–Kier alpha value is -5.05. The number of anilines is 2. The van der Waals surface area contributed by atoms with Crippen LogP contribution < -0.4 is 10.6 Å². The molecule has 0 bridgehead atoms. The van der Waals surface area contributed by atoms with E-state index in [4.69, 9.17) is 0 Å². The van der Waals surface area contributed by atoms with Crippen molar-refractivity contribution in [1.29, 1.82) is 0 Å². The molecule has 2 aromatic carbocycles. The third kappa shape index (κ3) is 3.82. The summed E-state index contributed by atoms with van der Waals surface area (Å²) < 4.78 is 3.71. The SMILES string of the molecule is O=C(Nc1cccc(-c2cn3cccnc3n2)c1)Nc1cccc(-c2cn3cccnc3n2)c1. The number of amides is 2. The van der Waals surface area contributed by atoms with Gasteiger partial charge in [0.2, 0.25) is 11.6 Å². The van der Waals surface area contributed by atoms with Crippen LogP contribution in [0.3, 0.4) is 0 Å². The van der Waals surface area contributed by atoms with Crippen molar-refractivity contribution in [3.63, 3.8) is 0 Å². The highest BCUT2D eigenvalue weighted by molar-refractivity contribution is 6.00. The standard InChI is InChI=1S/C25H18N8O/c34-25(28-19-7-1-5-17(13-19)21-15-32-11-3-9-26-23(32)30-21)29-20-8-2-6-18(14-20)22-16-33-12-4-10-27-24(33)31-22/h1-16H,(H2,28,29,34). The van der Waals surface area contributed by atoms with E-state index in [1.165, 1.54) is 0 Å². The molecule has 0 spiro atoms. The first kappa shape index (κ1) is 19.6. The third-order valence-corrected chi connectivity index (χ3v) is 5.30. The first-order chi connectivity index (χ1) is 16.7. The molecule has 0 atom stereocenters. The van der Waals surface area contributed by atoms with Gasteiger partial charge in [0, 0.05) is 59.7 Å². The number of hydrogen-bond donors (Lipinski definition) is 2. The number of aromatic nitrogens is 6. The molecule has 0 aliphatic heterocycles. The zero-order chi connectivity index (χ0) is 22.9. The predicted octanol–water partition coefficient (Wildman–Crippen LogP) is 4.75. The number of carbonyl (C=O) groups excluding carboxylic acids is 1. The van der Waals surface area contributed by atoms with Crippen LogP contribution in [0, 0.1) is 0 Å². The molecule has 0 fully saturated rings. The van der Waals surface area contributed by atoms with Crippen LogP contribution in [0.5, 0.6) is 0 Å². The Bertz CT molecular complexity index is 1460. The van der Waals surface area contributed by atoms with Crippen molar-refractivity contribution in [2.24, 2.45) is 0 Å². The van der Waals surface area contributed by atoms with Crippen LogP contribution in [0.15, 0.2) is 97.8 Å². The van der Waals surface area contributed by atoms with Gasteiger partial charge in [-0.3, -0.25) is 8.80 Å². The van der Waals surface area contributed by atoms with E-state index in [9.17, 15) is 4.79 Å². The maximum Gasteiger partial charge on any atom is 0.323 e. The Morgan fingerprint density at radius 1 is 0.676 bits per heavy atom. The molecule has 4 aromatic heterocycles. The number of hydrogen-bond acceptors (Lipinski definition) is 5.